The Hall–Kier alpha value is -2.10. The van der Waals surface area contributed by atoms with Crippen molar-refractivity contribution in [3.63, 3.8) is 0 Å². The Balaban J connectivity index is 1.90. The molecule has 2 aromatic rings. The molecule has 0 spiro atoms. The topological polar surface area (TPSA) is 60.9 Å². The number of hydrogen-bond donors (Lipinski definition) is 1. The summed E-state index contributed by atoms with van der Waals surface area (Å²) in [6.45, 7) is 0.692. The quantitative estimate of drug-likeness (QED) is 0.807. The molecule has 0 aliphatic heterocycles. The third kappa shape index (κ3) is 3.17. The number of aryl methyl sites for hydroxylation is 2. The first-order valence-electron chi connectivity index (χ1n) is 5.60. The van der Waals surface area contributed by atoms with Crippen LogP contribution in [0.2, 0.25) is 0 Å². The van der Waals surface area contributed by atoms with Crippen LogP contribution in [0.15, 0.2) is 47.7 Å². The Morgan fingerprint density at radius 2 is 1.94 bits per heavy atom. The fourth-order valence-electron chi connectivity index (χ4n) is 1.68. The number of hydrogen-bond acceptors (Lipinski definition) is 3. The standard InChI is InChI=1S/C13H15N3O/c14-12-5-3-11(4-6-12)2-1-9-16-10-15-8-7-13(16)17/h3-8,10H,1-2,9,14H2. The van der Waals surface area contributed by atoms with Crippen molar-refractivity contribution in [3.8, 4) is 0 Å². The highest BCUT2D eigenvalue weighted by Crippen LogP contribution is 2.07. The molecule has 2 rings (SSSR count). The molecule has 17 heavy (non-hydrogen) atoms. The van der Waals surface area contributed by atoms with Crippen LogP contribution >= 0.6 is 0 Å². The predicted octanol–water partition coefficient (Wildman–Crippen LogP) is 1.46. The molecule has 0 amide bonds. The van der Waals surface area contributed by atoms with Crippen molar-refractivity contribution in [1.29, 1.82) is 0 Å². The van der Waals surface area contributed by atoms with Crippen LogP contribution in [-0.2, 0) is 13.0 Å². The maximum atomic E-state index is 11.4. The van der Waals surface area contributed by atoms with E-state index in [2.05, 4.69) is 4.98 Å². The van der Waals surface area contributed by atoms with E-state index in [0.717, 1.165) is 18.5 Å². The van der Waals surface area contributed by atoms with Gasteiger partial charge in [-0.05, 0) is 30.5 Å². The molecule has 4 heteroatoms. The third-order valence-corrected chi connectivity index (χ3v) is 2.64. The number of nitrogens with two attached hydrogens (primary N) is 1. The molecule has 1 aromatic carbocycles. The van der Waals surface area contributed by atoms with E-state index in [1.165, 1.54) is 17.8 Å². The lowest BCUT2D eigenvalue weighted by molar-refractivity contribution is 0.611. The molecule has 0 radical (unpaired) electrons. The fourth-order valence-corrected chi connectivity index (χ4v) is 1.68. The Morgan fingerprint density at radius 3 is 2.65 bits per heavy atom. The highest BCUT2D eigenvalue weighted by molar-refractivity contribution is 5.39. The van der Waals surface area contributed by atoms with Gasteiger partial charge in [0, 0.05) is 24.5 Å². The lowest BCUT2D eigenvalue weighted by Crippen LogP contribution is -2.18. The molecule has 0 saturated carbocycles. The maximum Gasteiger partial charge on any atom is 0.253 e. The maximum absolute atomic E-state index is 11.4. The molecular weight excluding hydrogens is 214 g/mol. The molecule has 0 atom stereocenters. The molecule has 0 aliphatic carbocycles. The fraction of sp³-hybridized carbons (Fsp3) is 0.231. The minimum absolute atomic E-state index is 0.00249. The van der Waals surface area contributed by atoms with Crippen LogP contribution in [0.1, 0.15) is 12.0 Å². The Bertz CT molecular complexity index is 531. The number of benzene rings is 1. The Kier molecular flexibility index (Phi) is 3.55. The lowest BCUT2D eigenvalue weighted by atomic mass is 10.1. The third-order valence-electron chi connectivity index (χ3n) is 2.64. The van der Waals surface area contributed by atoms with Crippen molar-refractivity contribution in [3.05, 3.63) is 58.8 Å². The Morgan fingerprint density at radius 1 is 1.18 bits per heavy atom. The first-order valence-corrected chi connectivity index (χ1v) is 5.60. The molecule has 2 N–H and O–H groups in total. The molecular formula is C13H15N3O. The smallest absolute Gasteiger partial charge is 0.253 e. The van der Waals surface area contributed by atoms with Gasteiger partial charge in [0.2, 0.25) is 0 Å². The van der Waals surface area contributed by atoms with Crippen LogP contribution < -0.4 is 11.3 Å². The summed E-state index contributed by atoms with van der Waals surface area (Å²) in [6.07, 6.45) is 4.93. The lowest BCUT2D eigenvalue weighted by Gasteiger charge is -2.04. The summed E-state index contributed by atoms with van der Waals surface area (Å²) in [6, 6.07) is 9.29. The average molecular weight is 229 g/mol. The van der Waals surface area contributed by atoms with E-state index in [0.29, 0.717) is 6.54 Å². The van der Waals surface area contributed by atoms with Crippen molar-refractivity contribution in [2.45, 2.75) is 19.4 Å². The SMILES string of the molecule is Nc1ccc(CCCn2cnccc2=O)cc1. The number of rotatable bonds is 4. The van der Waals surface area contributed by atoms with Gasteiger partial charge in [-0.2, -0.15) is 0 Å². The van der Waals surface area contributed by atoms with E-state index in [1.807, 2.05) is 24.3 Å². The van der Waals surface area contributed by atoms with E-state index in [4.69, 9.17) is 5.73 Å². The summed E-state index contributed by atoms with van der Waals surface area (Å²) in [4.78, 5) is 15.3. The number of nitrogen functional groups attached to an aromatic ring is 1. The van der Waals surface area contributed by atoms with E-state index in [9.17, 15) is 4.79 Å². The number of anilines is 1. The number of aromatic nitrogens is 2. The monoisotopic (exact) mass is 229 g/mol. The Labute approximate surface area is 99.7 Å². The van der Waals surface area contributed by atoms with E-state index < -0.39 is 0 Å². The van der Waals surface area contributed by atoms with Gasteiger partial charge in [-0.3, -0.25) is 9.36 Å². The summed E-state index contributed by atoms with van der Waals surface area (Å²) in [7, 11) is 0. The van der Waals surface area contributed by atoms with E-state index in [1.54, 1.807) is 10.9 Å². The van der Waals surface area contributed by atoms with Crippen LogP contribution in [0.4, 0.5) is 5.69 Å². The number of nitrogens with zero attached hydrogens (tertiary/aromatic N) is 2. The first kappa shape index (κ1) is 11.4. The zero-order valence-electron chi connectivity index (χ0n) is 9.54. The molecule has 0 aliphatic rings. The van der Waals surface area contributed by atoms with Gasteiger partial charge in [-0.25, -0.2) is 4.98 Å². The largest absolute Gasteiger partial charge is 0.399 e. The second-order valence-electron chi connectivity index (χ2n) is 3.96. The molecule has 1 aromatic heterocycles. The second-order valence-corrected chi connectivity index (χ2v) is 3.96. The van der Waals surface area contributed by atoms with Gasteiger partial charge in [-0.1, -0.05) is 12.1 Å². The van der Waals surface area contributed by atoms with Gasteiger partial charge in [-0.15, -0.1) is 0 Å². The zero-order valence-corrected chi connectivity index (χ0v) is 9.54. The summed E-state index contributed by atoms with van der Waals surface area (Å²) < 4.78 is 1.62. The van der Waals surface area contributed by atoms with E-state index >= 15 is 0 Å². The molecule has 0 fully saturated rings. The van der Waals surface area contributed by atoms with Crippen LogP contribution in [0.3, 0.4) is 0 Å². The van der Waals surface area contributed by atoms with Crippen molar-refractivity contribution in [1.82, 2.24) is 9.55 Å². The van der Waals surface area contributed by atoms with Gasteiger partial charge in [0.05, 0.1) is 6.33 Å². The average Bonchev–Trinajstić information content (AvgIpc) is 2.34. The van der Waals surface area contributed by atoms with E-state index in [-0.39, 0.29) is 5.56 Å². The summed E-state index contributed by atoms with van der Waals surface area (Å²) in [5.74, 6) is 0. The van der Waals surface area contributed by atoms with Gasteiger partial charge in [0.25, 0.3) is 5.56 Å². The van der Waals surface area contributed by atoms with Crippen LogP contribution in [0.25, 0.3) is 0 Å². The summed E-state index contributed by atoms with van der Waals surface area (Å²) in [5.41, 5.74) is 7.62. The first-order chi connectivity index (χ1) is 8.25. The van der Waals surface area contributed by atoms with Crippen molar-refractivity contribution in [2.24, 2.45) is 0 Å². The highest BCUT2D eigenvalue weighted by Gasteiger charge is 1.96. The molecule has 0 bridgehead atoms. The van der Waals surface area contributed by atoms with Crippen LogP contribution in [0.5, 0.6) is 0 Å². The normalized spacial score (nSPS) is 10.4. The minimum atomic E-state index is -0.00249. The van der Waals surface area contributed by atoms with Crippen molar-refractivity contribution in [2.75, 3.05) is 5.73 Å². The highest BCUT2D eigenvalue weighted by atomic mass is 16.1. The molecule has 0 unspecified atom stereocenters. The van der Waals surface area contributed by atoms with Gasteiger partial charge >= 0.3 is 0 Å². The van der Waals surface area contributed by atoms with Gasteiger partial charge < -0.3 is 5.73 Å². The molecule has 1 heterocycles. The molecule has 0 saturated heterocycles. The predicted molar refractivity (Wildman–Crippen MR) is 67.7 cm³/mol. The van der Waals surface area contributed by atoms with Crippen LogP contribution in [0, 0.1) is 0 Å². The summed E-state index contributed by atoms with van der Waals surface area (Å²) in [5, 5.41) is 0. The summed E-state index contributed by atoms with van der Waals surface area (Å²) >= 11 is 0. The molecule has 88 valence electrons. The minimum Gasteiger partial charge on any atom is -0.399 e. The molecule has 4 nitrogen and oxygen atoms in total. The van der Waals surface area contributed by atoms with Crippen molar-refractivity contribution < 1.29 is 0 Å². The van der Waals surface area contributed by atoms with Crippen LogP contribution in [-0.4, -0.2) is 9.55 Å². The van der Waals surface area contributed by atoms with Gasteiger partial charge in [0.1, 0.15) is 0 Å². The zero-order chi connectivity index (χ0) is 12.1. The van der Waals surface area contributed by atoms with Gasteiger partial charge in [0.15, 0.2) is 0 Å². The van der Waals surface area contributed by atoms with Crippen molar-refractivity contribution >= 4 is 5.69 Å². The second kappa shape index (κ2) is 5.30.